The predicted octanol–water partition coefficient (Wildman–Crippen LogP) is -1.04. The number of carbonyl (C=O) groups is 3. The average Bonchev–Trinajstić information content (AvgIpc) is 2.86. The van der Waals surface area contributed by atoms with E-state index in [2.05, 4.69) is 15.4 Å². The zero-order valence-corrected chi connectivity index (χ0v) is 11.2. The average molecular weight is 289 g/mol. The molecular weight excluding hydrogens is 270 g/mol. The lowest BCUT2D eigenvalue weighted by atomic mass is 10.2. The zero-order valence-electron chi connectivity index (χ0n) is 11.2. The van der Waals surface area contributed by atoms with Crippen molar-refractivity contribution in [3.05, 3.63) is 0 Å². The third-order valence-electron chi connectivity index (χ3n) is 3.00. The number of alkyl carbamates (subject to hydrolysis) is 1. The number of aliphatic carboxylic acids is 1. The van der Waals surface area contributed by atoms with E-state index >= 15 is 0 Å². The molecule has 0 radical (unpaired) electrons. The van der Waals surface area contributed by atoms with Gasteiger partial charge in [0.05, 0.1) is 13.2 Å². The summed E-state index contributed by atoms with van der Waals surface area (Å²) in [6.45, 7) is 0.363. The van der Waals surface area contributed by atoms with Gasteiger partial charge in [0.1, 0.15) is 6.04 Å². The first kappa shape index (κ1) is 16.0. The van der Waals surface area contributed by atoms with Crippen LogP contribution in [0, 0.1) is 0 Å². The van der Waals surface area contributed by atoms with Crippen molar-refractivity contribution in [1.82, 2.24) is 15.5 Å². The third-order valence-corrected chi connectivity index (χ3v) is 3.00. The minimum Gasteiger partial charge on any atom is -0.480 e. The van der Waals surface area contributed by atoms with E-state index in [1.807, 2.05) is 0 Å². The Morgan fingerprint density at radius 2 is 2.15 bits per heavy atom. The Hall–Kier alpha value is -2.03. The Kier molecular flexibility index (Phi) is 6.04. The second-order valence-electron chi connectivity index (χ2n) is 4.42. The van der Waals surface area contributed by atoms with Crippen LogP contribution in [0.15, 0.2) is 0 Å². The summed E-state index contributed by atoms with van der Waals surface area (Å²) in [6, 6.07) is -1.87. The van der Waals surface area contributed by atoms with Gasteiger partial charge in [-0.25, -0.2) is 14.4 Å². The molecule has 4 N–H and O–H groups in total. The van der Waals surface area contributed by atoms with Crippen molar-refractivity contribution < 1.29 is 29.3 Å². The van der Waals surface area contributed by atoms with Crippen LogP contribution in [-0.2, 0) is 9.53 Å². The van der Waals surface area contributed by atoms with E-state index in [1.54, 1.807) is 0 Å². The number of urea groups is 1. The number of aliphatic hydroxyl groups is 1. The Morgan fingerprint density at radius 3 is 2.70 bits per heavy atom. The van der Waals surface area contributed by atoms with Gasteiger partial charge >= 0.3 is 18.1 Å². The van der Waals surface area contributed by atoms with Gasteiger partial charge in [-0.3, -0.25) is 0 Å². The fourth-order valence-electron chi connectivity index (χ4n) is 1.91. The summed E-state index contributed by atoms with van der Waals surface area (Å²) in [5, 5.41) is 22.5. The molecule has 0 saturated carbocycles. The number of likely N-dealkylation sites (tertiary alicyclic amines) is 1. The van der Waals surface area contributed by atoms with Crippen molar-refractivity contribution >= 4 is 18.1 Å². The molecule has 2 atom stereocenters. The molecule has 0 aromatic carbocycles. The molecule has 1 rings (SSSR count). The van der Waals surface area contributed by atoms with Crippen molar-refractivity contribution in [3.63, 3.8) is 0 Å². The smallest absolute Gasteiger partial charge is 0.407 e. The van der Waals surface area contributed by atoms with Crippen LogP contribution in [-0.4, -0.2) is 72.1 Å². The van der Waals surface area contributed by atoms with E-state index in [9.17, 15) is 14.4 Å². The molecule has 2 unspecified atom stereocenters. The number of ether oxygens (including phenoxy) is 1. The Bertz CT molecular complexity index is 375. The quantitative estimate of drug-likeness (QED) is 0.512. The summed E-state index contributed by atoms with van der Waals surface area (Å²) in [5.41, 5.74) is 0. The molecule has 0 bridgehead atoms. The van der Waals surface area contributed by atoms with Gasteiger partial charge < -0.3 is 30.5 Å². The van der Waals surface area contributed by atoms with Crippen molar-refractivity contribution in [2.45, 2.75) is 24.9 Å². The first-order chi connectivity index (χ1) is 9.47. The van der Waals surface area contributed by atoms with Crippen LogP contribution < -0.4 is 10.6 Å². The number of carbonyl (C=O) groups excluding carboxylic acids is 2. The molecule has 1 aliphatic heterocycles. The molecule has 1 heterocycles. The maximum absolute atomic E-state index is 11.9. The molecule has 0 spiro atoms. The van der Waals surface area contributed by atoms with Crippen LogP contribution in [0.2, 0.25) is 0 Å². The highest BCUT2D eigenvalue weighted by molar-refractivity contribution is 5.82. The number of nitrogens with one attached hydrogen (secondary N) is 2. The maximum atomic E-state index is 11.9. The summed E-state index contributed by atoms with van der Waals surface area (Å²) in [6.07, 6.45) is -0.0557. The minimum atomic E-state index is -1.20. The number of hydrogen-bond donors (Lipinski definition) is 4. The van der Waals surface area contributed by atoms with E-state index in [4.69, 9.17) is 10.2 Å². The summed E-state index contributed by atoms with van der Waals surface area (Å²) < 4.78 is 4.46. The van der Waals surface area contributed by atoms with E-state index in [0.29, 0.717) is 13.0 Å². The van der Waals surface area contributed by atoms with Crippen molar-refractivity contribution in [3.8, 4) is 0 Å². The summed E-state index contributed by atoms with van der Waals surface area (Å²) in [7, 11) is 1.25. The lowest BCUT2D eigenvalue weighted by Crippen LogP contribution is -2.48. The van der Waals surface area contributed by atoms with Crippen molar-refractivity contribution in [2.75, 3.05) is 26.8 Å². The summed E-state index contributed by atoms with van der Waals surface area (Å²) >= 11 is 0. The van der Waals surface area contributed by atoms with Crippen LogP contribution in [0.3, 0.4) is 0 Å². The maximum Gasteiger partial charge on any atom is 0.407 e. The summed E-state index contributed by atoms with van der Waals surface area (Å²) in [4.78, 5) is 35.2. The van der Waals surface area contributed by atoms with Crippen molar-refractivity contribution in [1.29, 1.82) is 0 Å². The SMILES string of the molecule is COC(=O)NC1CCN(C(=O)NC(CCO)C(=O)O)C1. The molecule has 3 amide bonds. The Labute approximate surface area is 115 Å². The van der Waals surface area contributed by atoms with Gasteiger partial charge in [-0.05, 0) is 6.42 Å². The first-order valence-corrected chi connectivity index (χ1v) is 6.21. The molecule has 9 nitrogen and oxygen atoms in total. The number of rotatable bonds is 5. The molecule has 1 fully saturated rings. The molecule has 114 valence electrons. The van der Waals surface area contributed by atoms with E-state index in [1.165, 1.54) is 12.0 Å². The van der Waals surface area contributed by atoms with Crippen molar-refractivity contribution in [2.24, 2.45) is 0 Å². The topological polar surface area (TPSA) is 128 Å². The number of aliphatic hydroxyl groups excluding tert-OH is 1. The van der Waals surface area contributed by atoms with E-state index in [0.717, 1.165) is 0 Å². The molecule has 0 aromatic heterocycles. The van der Waals surface area contributed by atoms with Gasteiger partial charge in [0.25, 0.3) is 0 Å². The second kappa shape index (κ2) is 7.53. The lowest BCUT2D eigenvalue weighted by Gasteiger charge is -2.20. The van der Waals surface area contributed by atoms with Gasteiger partial charge in [-0.2, -0.15) is 0 Å². The monoisotopic (exact) mass is 289 g/mol. The Balaban J connectivity index is 2.45. The number of methoxy groups -OCH3 is 1. The van der Waals surface area contributed by atoms with Gasteiger partial charge in [-0.1, -0.05) is 0 Å². The highest BCUT2D eigenvalue weighted by atomic mass is 16.5. The highest BCUT2D eigenvalue weighted by Gasteiger charge is 2.29. The lowest BCUT2D eigenvalue weighted by molar-refractivity contribution is -0.139. The Morgan fingerprint density at radius 1 is 1.45 bits per heavy atom. The molecule has 20 heavy (non-hydrogen) atoms. The van der Waals surface area contributed by atoms with Crippen LogP contribution in [0.25, 0.3) is 0 Å². The number of nitrogens with zero attached hydrogens (tertiary/aromatic N) is 1. The van der Waals surface area contributed by atoms with Gasteiger partial charge in [0.15, 0.2) is 0 Å². The largest absolute Gasteiger partial charge is 0.480 e. The second-order valence-corrected chi connectivity index (χ2v) is 4.42. The van der Waals surface area contributed by atoms with E-state index < -0.39 is 24.1 Å². The predicted molar refractivity (Wildman–Crippen MR) is 67.2 cm³/mol. The summed E-state index contributed by atoms with van der Waals surface area (Å²) in [5.74, 6) is -1.20. The zero-order chi connectivity index (χ0) is 15.1. The van der Waals surface area contributed by atoms with Gasteiger partial charge in [-0.15, -0.1) is 0 Å². The molecule has 1 aliphatic rings. The fraction of sp³-hybridized carbons (Fsp3) is 0.727. The van der Waals surface area contributed by atoms with Gasteiger partial charge in [0, 0.05) is 26.1 Å². The molecule has 0 aliphatic carbocycles. The highest BCUT2D eigenvalue weighted by Crippen LogP contribution is 2.10. The molecule has 0 aromatic rings. The van der Waals surface area contributed by atoms with E-state index in [-0.39, 0.29) is 25.6 Å². The van der Waals surface area contributed by atoms with Crippen LogP contribution in [0.1, 0.15) is 12.8 Å². The van der Waals surface area contributed by atoms with Crippen LogP contribution >= 0.6 is 0 Å². The number of carboxylic acids is 1. The normalized spacial score (nSPS) is 19.3. The molecule has 1 saturated heterocycles. The number of hydrogen-bond acceptors (Lipinski definition) is 5. The van der Waals surface area contributed by atoms with Crippen LogP contribution in [0.4, 0.5) is 9.59 Å². The number of amides is 3. The molecular formula is C11H19N3O6. The van der Waals surface area contributed by atoms with Gasteiger partial charge in [0.2, 0.25) is 0 Å². The standard InChI is InChI=1S/C11H19N3O6/c1-20-11(19)12-7-2-4-14(6-7)10(18)13-8(3-5-15)9(16)17/h7-8,15H,2-6H2,1H3,(H,12,19)(H,13,18)(H,16,17). The minimum absolute atomic E-state index is 0.0568. The number of carboxylic acid groups (broad SMARTS) is 1. The molecule has 9 heteroatoms. The third kappa shape index (κ3) is 4.57. The van der Waals surface area contributed by atoms with Crippen LogP contribution in [0.5, 0.6) is 0 Å². The first-order valence-electron chi connectivity index (χ1n) is 6.21. The fourth-order valence-corrected chi connectivity index (χ4v) is 1.91.